The summed E-state index contributed by atoms with van der Waals surface area (Å²) in [4.78, 5) is 74.6. The number of ketones is 1. The number of carbonyl (C=O) groups excluding carboxylic acids is 5. The minimum absolute atomic E-state index is 0.0377. The number of aromatic nitrogens is 1. The lowest BCUT2D eigenvalue weighted by Crippen LogP contribution is -2.57. The second-order valence-corrected chi connectivity index (χ2v) is 15.1. The van der Waals surface area contributed by atoms with Gasteiger partial charge in [0, 0.05) is 17.8 Å². The number of rotatable bonds is 18. The topological polar surface area (TPSA) is 159 Å². The third kappa shape index (κ3) is 10.0. The van der Waals surface area contributed by atoms with Gasteiger partial charge in [-0.25, -0.2) is 4.98 Å². The monoisotopic (exact) mass is 731 g/mol. The summed E-state index contributed by atoms with van der Waals surface area (Å²) in [5, 5.41) is 10.9. The van der Waals surface area contributed by atoms with Gasteiger partial charge >= 0.3 is 0 Å². The van der Waals surface area contributed by atoms with E-state index in [0.29, 0.717) is 36.8 Å². The Morgan fingerprint density at radius 2 is 1.65 bits per heavy atom. The van der Waals surface area contributed by atoms with Crippen molar-refractivity contribution in [1.29, 1.82) is 0 Å². The van der Waals surface area contributed by atoms with Crippen LogP contribution in [0.15, 0.2) is 66.0 Å². The lowest BCUT2D eigenvalue weighted by molar-refractivity contribution is -0.142. The highest BCUT2D eigenvalue weighted by Gasteiger charge is 2.51. The number of likely N-dealkylation sites (tertiary alicyclic amines) is 1. The van der Waals surface area contributed by atoms with Gasteiger partial charge in [0.15, 0.2) is 5.78 Å². The molecule has 0 radical (unpaired) electrons. The van der Waals surface area contributed by atoms with E-state index in [4.69, 9.17) is 9.47 Å². The van der Waals surface area contributed by atoms with Crippen molar-refractivity contribution < 1.29 is 33.4 Å². The zero-order valence-corrected chi connectivity index (χ0v) is 31.2. The summed E-state index contributed by atoms with van der Waals surface area (Å²) < 4.78 is 10.6. The molecular weight excluding hydrogens is 683 g/mol. The van der Waals surface area contributed by atoms with Gasteiger partial charge in [0.2, 0.25) is 23.6 Å². The molecule has 3 heterocycles. The minimum atomic E-state index is -0.939. The van der Waals surface area contributed by atoms with Crippen molar-refractivity contribution in [1.82, 2.24) is 25.8 Å². The molecule has 2 aliphatic rings. The largest absolute Gasteiger partial charge is 0.473 e. The summed E-state index contributed by atoms with van der Waals surface area (Å²) in [6, 6.07) is 15.1. The maximum Gasteiger partial charge on any atom is 0.273 e. The van der Waals surface area contributed by atoms with Crippen LogP contribution in [0.1, 0.15) is 63.8 Å². The van der Waals surface area contributed by atoms with Crippen LogP contribution in [0, 0.1) is 5.92 Å². The van der Waals surface area contributed by atoms with Crippen molar-refractivity contribution in [3.8, 4) is 5.19 Å². The predicted octanol–water partition coefficient (Wildman–Crippen LogP) is 3.42. The van der Waals surface area contributed by atoms with Crippen LogP contribution in [0.2, 0.25) is 0 Å². The minimum Gasteiger partial charge on any atom is -0.473 e. The van der Waals surface area contributed by atoms with E-state index in [1.807, 2.05) is 81.4 Å². The van der Waals surface area contributed by atoms with Gasteiger partial charge < -0.3 is 30.3 Å². The number of nitrogens with zero attached hydrogens (tertiary/aromatic N) is 2. The van der Waals surface area contributed by atoms with E-state index in [9.17, 15) is 24.0 Å². The van der Waals surface area contributed by atoms with Crippen LogP contribution in [-0.2, 0) is 48.0 Å². The molecule has 2 unspecified atom stereocenters. The fraction of sp³-hybridized carbons (Fsp3) is 0.487. The quantitative estimate of drug-likeness (QED) is 0.168. The second kappa shape index (κ2) is 17.3. The highest BCUT2D eigenvalue weighted by molar-refractivity contribution is 7.11. The summed E-state index contributed by atoms with van der Waals surface area (Å²) in [5.74, 6) is -1.77. The Labute approximate surface area is 309 Å². The first-order valence-electron chi connectivity index (χ1n) is 17.8. The molecule has 0 saturated carbocycles. The summed E-state index contributed by atoms with van der Waals surface area (Å²) in [7, 11) is 1.50. The average Bonchev–Trinajstić information content (AvgIpc) is 3.61. The number of carbonyl (C=O) groups is 5. The molecule has 2 fully saturated rings. The Kier molecular flexibility index (Phi) is 12.8. The number of ether oxygens (including phenoxy) is 2. The van der Waals surface area contributed by atoms with E-state index in [1.165, 1.54) is 23.3 Å². The Balaban J connectivity index is 1.32. The number of nitrogens with one attached hydrogen (secondary N) is 3. The molecule has 2 aliphatic heterocycles. The maximum atomic E-state index is 14.2. The van der Waals surface area contributed by atoms with Gasteiger partial charge in [0.25, 0.3) is 5.19 Å². The second-order valence-electron chi connectivity index (χ2n) is 14.3. The van der Waals surface area contributed by atoms with Gasteiger partial charge in [0.05, 0.1) is 31.9 Å². The van der Waals surface area contributed by atoms with Gasteiger partial charge in [-0.05, 0) is 56.6 Å². The molecule has 1 aromatic heterocycles. The molecule has 13 heteroatoms. The van der Waals surface area contributed by atoms with Crippen molar-refractivity contribution in [2.45, 2.75) is 102 Å². The van der Waals surface area contributed by atoms with E-state index >= 15 is 0 Å². The van der Waals surface area contributed by atoms with Crippen LogP contribution in [0.3, 0.4) is 0 Å². The number of Topliss-reactive ketones (excluding diaryl/α,β-unsaturated/α-hetero) is 1. The lowest BCUT2D eigenvalue weighted by atomic mass is 9.92. The maximum absolute atomic E-state index is 14.2. The standard InChI is InChI=1S/C39H49N5O7S/c1-24(2)18-30(34(46)39(4)23-51-39)42-36(48)32(20-27-14-10-7-11-15-27)44-25(3)19-31(37(44)49)43-35(47)29(17-16-26-12-8-6-9-13-26)41-33(45)21-28-22-52-38(40-28)50-5/h6-15,22,24-25,29-32H,16-21,23H2,1-5H3,(H,41,45)(H,42,48)(H,43,47)/t25?,29-,30-,31-,32-,39?/m0/s1. The Hall–Kier alpha value is -4.62. The Morgan fingerprint density at radius 1 is 1.00 bits per heavy atom. The molecule has 0 bridgehead atoms. The average molecular weight is 732 g/mol. The normalized spacial score (nSPS) is 21.3. The summed E-state index contributed by atoms with van der Waals surface area (Å²) in [6.07, 6.45) is 1.69. The van der Waals surface area contributed by atoms with Crippen molar-refractivity contribution in [2.24, 2.45) is 5.92 Å². The predicted molar refractivity (Wildman–Crippen MR) is 197 cm³/mol. The van der Waals surface area contributed by atoms with E-state index in [-0.39, 0.29) is 36.9 Å². The third-order valence-corrected chi connectivity index (χ3v) is 10.4. The van der Waals surface area contributed by atoms with Gasteiger partial charge in [0.1, 0.15) is 23.7 Å². The number of methoxy groups -OCH3 is 1. The highest BCUT2D eigenvalue weighted by Crippen LogP contribution is 2.30. The molecule has 52 heavy (non-hydrogen) atoms. The van der Waals surface area contributed by atoms with Gasteiger partial charge in [-0.2, -0.15) is 0 Å². The van der Waals surface area contributed by atoms with Gasteiger partial charge in [-0.1, -0.05) is 85.8 Å². The van der Waals surface area contributed by atoms with Crippen LogP contribution in [-0.4, -0.2) is 88.8 Å². The van der Waals surface area contributed by atoms with E-state index in [2.05, 4.69) is 20.9 Å². The molecule has 2 aromatic carbocycles. The highest BCUT2D eigenvalue weighted by atomic mass is 32.1. The molecule has 3 N–H and O–H groups in total. The molecule has 5 rings (SSSR count). The van der Waals surface area contributed by atoms with Gasteiger partial charge in [-0.15, -0.1) is 0 Å². The molecule has 3 aromatic rings. The zero-order valence-electron chi connectivity index (χ0n) is 30.4. The van der Waals surface area contributed by atoms with Gasteiger partial charge in [-0.3, -0.25) is 24.0 Å². The van der Waals surface area contributed by atoms with Crippen molar-refractivity contribution in [2.75, 3.05) is 13.7 Å². The fourth-order valence-electron chi connectivity index (χ4n) is 6.65. The zero-order chi connectivity index (χ0) is 37.4. The Bertz CT molecular complexity index is 1710. The number of hydrogen-bond donors (Lipinski definition) is 3. The van der Waals surface area contributed by atoms with Crippen LogP contribution < -0.4 is 20.7 Å². The SMILES string of the molecule is COc1nc(CC(=O)N[C@@H](CCc2ccccc2)C(=O)N[C@H]2CC(C)N([C@@H](Cc3ccccc3)C(=O)N[C@@H](CC(C)C)C(=O)C3(C)CO3)C2=O)cs1. The van der Waals surface area contributed by atoms with Crippen molar-refractivity contribution in [3.63, 3.8) is 0 Å². The molecule has 12 nitrogen and oxygen atoms in total. The van der Waals surface area contributed by atoms with E-state index in [1.54, 1.807) is 12.3 Å². The van der Waals surface area contributed by atoms with Crippen LogP contribution in [0.4, 0.5) is 0 Å². The van der Waals surface area contributed by atoms with Crippen LogP contribution in [0.5, 0.6) is 5.19 Å². The van der Waals surface area contributed by atoms with E-state index < -0.39 is 53.5 Å². The molecule has 0 aliphatic carbocycles. The lowest BCUT2D eigenvalue weighted by Gasteiger charge is -2.33. The van der Waals surface area contributed by atoms with Crippen molar-refractivity contribution >= 4 is 40.7 Å². The first-order valence-corrected chi connectivity index (χ1v) is 18.7. The molecule has 0 spiro atoms. The fourth-order valence-corrected chi connectivity index (χ4v) is 7.29. The first-order chi connectivity index (χ1) is 24.9. The Morgan fingerprint density at radius 3 is 2.25 bits per heavy atom. The number of amides is 4. The summed E-state index contributed by atoms with van der Waals surface area (Å²) >= 11 is 1.28. The van der Waals surface area contributed by atoms with Crippen molar-refractivity contribution in [3.05, 3.63) is 82.9 Å². The third-order valence-electron chi connectivity index (χ3n) is 9.53. The number of thiazole rings is 1. The first kappa shape index (κ1) is 38.6. The molecule has 278 valence electrons. The molecule has 2 saturated heterocycles. The van der Waals surface area contributed by atoms with Crippen LogP contribution in [0.25, 0.3) is 0 Å². The van der Waals surface area contributed by atoms with E-state index in [0.717, 1.165) is 11.1 Å². The smallest absolute Gasteiger partial charge is 0.273 e. The molecule has 6 atom stereocenters. The summed E-state index contributed by atoms with van der Waals surface area (Å²) in [5.41, 5.74) is 1.45. The molecular formula is C39H49N5O7S. The number of benzene rings is 2. The number of hydrogen-bond acceptors (Lipinski definition) is 9. The summed E-state index contributed by atoms with van der Waals surface area (Å²) in [6.45, 7) is 7.84. The van der Waals surface area contributed by atoms with Crippen LogP contribution >= 0.6 is 11.3 Å². The number of epoxide rings is 1. The number of aryl methyl sites for hydroxylation is 1. The molecule has 4 amide bonds.